The third kappa shape index (κ3) is 3.77. The molecule has 1 aromatic carbocycles. The number of benzene rings is 1. The van der Waals surface area contributed by atoms with Crippen molar-refractivity contribution in [2.75, 3.05) is 7.11 Å². The summed E-state index contributed by atoms with van der Waals surface area (Å²) >= 11 is 6.64. The van der Waals surface area contributed by atoms with E-state index in [0.717, 1.165) is 17.1 Å². The van der Waals surface area contributed by atoms with Crippen LogP contribution in [0.25, 0.3) is 6.08 Å². The van der Waals surface area contributed by atoms with Crippen molar-refractivity contribution in [1.82, 2.24) is 4.90 Å². The summed E-state index contributed by atoms with van der Waals surface area (Å²) in [5.41, 5.74) is 1.000. The molecule has 2 aromatic rings. The van der Waals surface area contributed by atoms with Gasteiger partial charge in [0.15, 0.2) is 0 Å². The zero-order valence-electron chi connectivity index (χ0n) is 13.0. The maximum Gasteiger partial charge on any atom is 0.266 e. The Kier molecular flexibility index (Phi) is 5.17. The molecule has 0 radical (unpaired) electrons. The smallest absolute Gasteiger partial charge is 0.266 e. The van der Waals surface area contributed by atoms with Crippen LogP contribution in [0.4, 0.5) is 0 Å². The number of methoxy groups -OCH3 is 1. The maximum atomic E-state index is 12.5. The van der Waals surface area contributed by atoms with Gasteiger partial charge in [0.25, 0.3) is 5.91 Å². The molecule has 6 heteroatoms. The van der Waals surface area contributed by atoms with E-state index in [4.69, 9.17) is 21.4 Å². The molecule has 3 rings (SSSR count). The van der Waals surface area contributed by atoms with E-state index in [0.29, 0.717) is 15.8 Å². The number of nitrogens with zero attached hydrogens (tertiary/aromatic N) is 1. The van der Waals surface area contributed by atoms with E-state index in [9.17, 15) is 4.79 Å². The number of allylic oxidation sites excluding steroid dienone is 2. The monoisotopic (exact) mass is 357 g/mol. The highest BCUT2D eigenvalue weighted by Gasteiger charge is 2.31. The van der Waals surface area contributed by atoms with Crippen LogP contribution in [0.3, 0.4) is 0 Å². The van der Waals surface area contributed by atoms with Crippen LogP contribution in [0.15, 0.2) is 64.1 Å². The highest BCUT2D eigenvalue weighted by molar-refractivity contribution is 8.26. The van der Waals surface area contributed by atoms with Gasteiger partial charge in [0.05, 0.1) is 24.8 Å². The van der Waals surface area contributed by atoms with Crippen LogP contribution >= 0.6 is 24.0 Å². The Balaban J connectivity index is 1.69. The highest BCUT2D eigenvalue weighted by atomic mass is 32.2. The third-order valence-corrected chi connectivity index (χ3v) is 4.82. The zero-order chi connectivity index (χ0) is 16.9. The number of ether oxygens (including phenoxy) is 1. The molecule has 0 unspecified atom stereocenters. The molecule has 0 N–H and O–H groups in total. The molecule has 24 heavy (non-hydrogen) atoms. The van der Waals surface area contributed by atoms with Crippen molar-refractivity contribution in [2.45, 2.75) is 6.54 Å². The summed E-state index contributed by atoms with van der Waals surface area (Å²) in [7, 11) is 1.62. The lowest BCUT2D eigenvalue weighted by Crippen LogP contribution is -2.27. The molecular formula is C18H15NO3S2. The molecule has 0 aliphatic carbocycles. The molecule has 2 heterocycles. The van der Waals surface area contributed by atoms with Gasteiger partial charge in [0, 0.05) is 0 Å². The third-order valence-electron chi connectivity index (χ3n) is 3.42. The minimum absolute atomic E-state index is 0.0788. The van der Waals surface area contributed by atoms with Gasteiger partial charge in [-0.05, 0) is 42.0 Å². The molecule has 1 aromatic heterocycles. The van der Waals surface area contributed by atoms with Gasteiger partial charge >= 0.3 is 0 Å². The molecule has 1 saturated heterocycles. The second kappa shape index (κ2) is 7.51. The molecule has 1 aliphatic rings. The second-order valence-electron chi connectivity index (χ2n) is 5.01. The molecule has 1 amide bonds. The lowest BCUT2D eigenvalue weighted by atomic mass is 10.2. The van der Waals surface area contributed by atoms with Crippen molar-refractivity contribution < 1.29 is 13.9 Å². The first kappa shape index (κ1) is 16.5. The molecular weight excluding hydrogens is 342 g/mol. The number of amides is 1. The fraction of sp³-hybridized carbons (Fsp3) is 0.111. The van der Waals surface area contributed by atoms with Gasteiger partial charge in [0.2, 0.25) is 0 Å². The fourth-order valence-electron chi connectivity index (χ4n) is 2.18. The van der Waals surface area contributed by atoms with Crippen LogP contribution in [0.5, 0.6) is 5.75 Å². The van der Waals surface area contributed by atoms with E-state index in [1.54, 1.807) is 36.5 Å². The highest BCUT2D eigenvalue weighted by Crippen LogP contribution is 2.32. The van der Waals surface area contributed by atoms with Crippen molar-refractivity contribution in [2.24, 2.45) is 0 Å². The van der Waals surface area contributed by atoms with E-state index >= 15 is 0 Å². The summed E-state index contributed by atoms with van der Waals surface area (Å²) in [5.74, 6) is 1.44. The maximum absolute atomic E-state index is 12.5. The van der Waals surface area contributed by atoms with Gasteiger partial charge in [-0.15, -0.1) is 0 Å². The average Bonchev–Trinajstić information content (AvgIpc) is 3.20. The van der Waals surface area contributed by atoms with Crippen molar-refractivity contribution in [3.05, 3.63) is 71.0 Å². The number of furan rings is 1. The standard InChI is InChI=1S/C18H15NO3S2/c1-21-14-9-7-13(8-10-14)12-19-17(20)16(24-18(19)23)6-2-4-15-5-3-11-22-15/h2-11H,12H2,1H3. The summed E-state index contributed by atoms with van der Waals surface area (Å²) in [5, 5.41) is 0. The topological polar surface area (TPSA) is 42.7 Å². The Morgan fingerprint density at radius 2 is 2.08 bits per heavy atom. The molecule has 0 spiro atoms. The number of thioether (sulfide) groups is 1. The largest absolute Gasteiger partial charge is 0.497 e. The molecule has 1 fully saturated rings. The van der Waals surface area contributed by atoms with Crippen LogP contribution < -0.4 is 4.74 Å². The lowest BCUT2D eigenvalue weighted by Gasteiger charge is -2.14. The first-order chi connectivity index (χ1) is 11.7. The van der Waals surface area contributed by atoms with E-state index in [1.807, 2.05) is 36.4 Å². The zero-order valence-corrected chi connectivity index (χ0v) is 14.6. The summed E-state index contributed by atoms with van der Waals surface area (Å²) in [4.78, 5) is 14.7. The predicted octanol–water partition coefficient (Wildman–Crippen LogP) is 4.25. The Labute approximate surface area is 149 Å². The quantitative estimate of drug-likeness (QED) is 0.591. The predicted molar refractivity (Wildman–Crippen MR) is 99.6 cm³/mol. The molecule has 4 nitrogen and oxygen atoms in total. The number of carbonyl (C=O) groups is 1. The summed E-state index contributed by atoms with van der Waals surface area (Å²) in [6.07, 6.45) is 6.96. The van der Waals surface area contributed by atoms with Crippen LogP contribution in [0, 0.1) is 0 Å². The average molecular weight is 357 g/mol. The van der Waals surface area contributed by atoms with Gasteiger partial charge in [-0.3, -0.25) is 9.69 Å². The Morgan fingerprint density at radius 1 is 1.29 bits per heavy atom. The lowest BCUT2D eigenvalue weighted by molar-refractivity contribution is -0.122. The number of hydrogen-bond acceptors (Lipinski definition) is 5. The van der Waals surface area contributed by atoms with Crippen LogP contribution in [0.1, 0.15) is 11.3 Å². The summed E-state index contributed by atoms with van der Waals surface area (Å²) in [6, 6.07) is 11.3. The van der Waals surface area contributed by atoms with Crippen LogP contribution in [-0.2, 0) is 11.3 Å². The number of rotatable bonds is 5. The van der Waals surface area contributed by atoms with E-state index in [-0.39, 0.29) is 5.91 Å². The van der Waals surface area contributed by atoms with Crippen molar-refractivity contribution in [1.29, 1.82) is 0 Å². The molecule has 1 aliphatic heterocycles. The van der Waals surface area contributed by atoms with Gasteiger partial charge < -0.3 is 9.15 Å². The molecule has 122 valence electrons. The van der Waals surface area contributed by atoms with Crippen LogP contribution in [-0.4, -0.2) is 22.2 Å². The van der Waals surface area contributed by atoms with Gasteiger partial charge in [-0.2, -0.15) is 0 Å². The Bertz CT molecular complexity index is 792. The first-order valence-electron chi connectivity index (χ1n) is 7.26. The Hall–Kier alpha value is -2.31. The molecule has 0 bridgehead atoms. The van der Waals surface area contributed by atoms with E-state index < -0.39 is 0 Å². The molecule has 0 saturated carbocycles. The molecule has 0 atom stereocenters. The second-order valence-corrected chi connectivity index (χ2v) is 6.69. The van der Waals surface area contributed by atoms with E-state index in [1.165, 1.54) is 11.8 Å². The van der Waals surface area contributed by atoms with Gasteiger partial charge in [-0.1, -0.05) is 42.2 Å². The Morgan fingerprint density at radius 3 is 2.75 bits per heavy atom. The fourth-order valence-corrected chi connectivity index (χ4v) is 3.39. The summed E-state index contributed by atoms with van der Waals surface area (Å²) < 4.78 is 10.9. The van der Waals surface area contributed by atoms with Crippen molar-refractivity contribution in [3.8, 4) is 5.75 Å². The van der Waals surface area contributed by atoms with E-state index in [2.05, 4.69) is 0 Å². The SMILES string of the molecule is COc1ccc(CN2C(=O)C(=CC=Cc3ccco3)SC2=S)cc1. The van der Waals surface area contributed by atoms with Gasteiger partial charge in [0.1, 0.15) is 15.8 Å². The van der Waals surface area contributed by atoms with Crippen LogP contribution in [0.2, 0.25) is 0 Å². The van der Waals surface area contributed by atoms with Crippen molar-refractivity contribution in [3.63, 3.8) is 0 Å². The normalized spacial score (nSPS) is 16.5. The van der Waals surface area contributed by atoms with Gasteiger partial charge in [-0.25, -0.2) is 0 Å². The number of carbonyl (C=O) groups excluding carboxylic acids is 1. The minimum atomic E-state index is -0.0788. The first-order valence-corrected chi connectivity index (χ1v) is 8.48. The number of hydrogen-bond donors (Lipinski definition) is 0. The summed E-state index contributed by atoms with van der Waals surface area (Å²) in [6.45, 7) is 0.452. The minimum Gasteiger partial charge on any atom is -0.497 e. The number of thiocarbonyl (C=S) groups is 1. The van der Waals surface area contributed by atoms with Crippen molar-refractivity contribution >= 4 is 40.3 Å².